The van der Waals surface area contributed by atoms with Gasteiger partial charge in [-0.05, 0) is 72.0 Å². The predicted octanol–water partition coefficient (Wildman–Crippen LogP) is 9.64. The number of ketones is 1. The molecule has 4 aromatic carbocycles. The number of fused-ring (bicyclic) bond motifs is 4. The van der Waals surface area contributed by atoms with Gasteiger partial charge in [-0.15, -0.1) is 34.9 Å². The van der Waals surface area contributed by atoms with E-state index in [1.54, 1.807) is 0 Å². The maximum atomic E-state index is 10.0. The molecule has 3 nitrogen and oxygen atoms in total. The van der Waals surface area contributed by atoms with Crippen molar-refractivity contribution in [3.05, 3.63) is 125 Å². The number of hydrogen-bond acceptors (Lipinski definition) is 3. The molecule has 42 heavy (non-hydrogen) atoms. The summed E-state index contributed by atoms with van der Waals surface area (Å²) < 4.78 is 0. The first-order valence-electron chi connectivity index (χ1n) is 14.0. The van der Waals surface area contributed by atoms with Crippen molar-refractivity contribution in [3.8, 4) is 33.5 Å². The molecule has 1 N–H and O–H groups in total. The molecule has 0 saturated carbocycles. The smallest absolute Gasteiger partial charge is 0.155 e. The van der Waals surface area contributed by atoms with Gasteiger partial charge in [-0.25, -0.2) is 0 Å². The van der Waals surface area contributed by atoms with E-state index in [0.717, 1.165) is 22.3 Å². The zero-order chi connectivity index (χ0) is 29.5. The summed E-state index contributed by atoms with van der Waals surface area (Å²) in [5, 5.41) is 9.56. The Hall–Kier alpha value is -3.85. The van der Waals surface area contributed by atoms with Crippen molar-refractivity contribution in [3.63, 3.8) is 0 Å². The van der Waals surface area contributed by atoms with Crippen LogP contribution in [0.4, 0.5) is 0 Å². The SMILES string of the molecule is CC(=O)/C=C(/C)O.Cc1[c-]c(-c2cc(-c3ccc(C)cc3)c3cc4c(cc3n2)C(C)(C)c2ccccc2-4)cc(C)c1.[Ir]. The van der Waals surface area contributed by atoms with Gasteiger partial charge in [0.05, 0.1) is 11.3 Å². The molecule has 0 spiro atoms. The fraction of sp³-hybridized carbons (Fsp3) is 0.211. The molecule has 1 radical (unpaired) electrons. The molecule has 4 heteroatoms. The van der Waals surface area contributed by atoms with Crippen LogP contribution in [0.25, 0.3) is 44.4 Å². The van der Waals surface area contributed by atoms with Crippen LogP contribution in [0.1, 0.15) is 55.5 Å². The van der Waals surface area contributed by atoms with E-state index in [1.165, 1.54) is 69.8 Å². The van der Waals surface area contributed by atoms with Gasteiger partial charge >= 0.3 is 0 Å². The molecule has 0 saturated heterocycles. The fourth-order valence-electron chi connectivity index (χ4n) is 5.86. The van der Waals surface area contributed by atoms with Crippen LogP contribution in [-0.4, -0.2) is 15.9 Å². The number of carbonyl (C=O) groups is 1. The Morgan fingerprint density at radius 1 is 0.810 bits per heavy atom. The summed E-state index contributed by atoms with van der Waals surface area (Å²) in [6, 6.07) is 32.5. The van der Waals surface area contributed by atoms with Crippen molar-refractivity contribution < 1.29 is 30.0 Å². The number of hydrogen-bond donors (Lipinski definition) is 1. The molecule has 1 heterocycles. The van der Waals surface area contributed by atoms with E-state index in [2.05, 4.69) is 120 Å². The van der Waals surface area contributed by atoms with Crippen LogP contribution >= 0.6 is 0 Å². The Kier molecular flexibility index (Phi) is 9.01. The number of aliphatic hydroxyl groups is 1. The largest absolute Gasteiger partial charge is 0.512 e. The fourth-order valence-corrected chi connectivity index (χ4v) is 5.86. The van der Waals surface area contributed by atoms with Crippen LogP contribution in [-0.2, 0) is 30.3 Å². The normalized spacial score (nSPS) is 13.0. The molecule has 0 bridgehead atoms. The summed E-state index contributed by atoms with van der Waals surface area (Å²) in [5.74, 6) is -0.0625. The van der Waals surface area contributed by atoms with Gasteiger partial charge in [0, 0.05) is 37.0 Å². The molecule has 1 aliphatic rings. The van der Waals surface area contributed by atoms with E-state index in [4.69, 9.17) is 10.1 Å². The van der Waals surface area contributed by atoms with Gasteiger partial charge in [-0.2, -0.15) is 0 Å². The van der Waals surface area contributed by atoms with E-state index >= 15 is 0 Å². The van der Waals surface area contributed by atoms with Crippen LogP contribution < -0.4 is 0 Å². The quantitative estimate of drug-likeness (QED) is 0.114. The summed E-state index contributed by atoms with van der Waals surface area (Å²) in [4.78, 5) is 15.2. The first kappa shape index (κ1) is 31.1. The third-order valence-corrected chi connectivity index (χ3v) is 7.71. The summed E-state index contributed by atoms with van der Waals surface area (Å²) in [6.45, 7) is 13.9. The second kappa shape index (κ2) is 12.2. The van der Waals surface area contributed by atoms with Gasteiger partial charge in [-0.1, -0.05) is 87.9 Å². The number of aliphatic hydroxyl groups excluding tert-OH is 1. The Balaban J connectivity index is 0.000000454. The maximum absolute atomic E-state index is 10.0. The molecule has 1 aromatic heterocycles. The molecule has 5 aromatic rings. The van der Waals surface area contributed by atoms with Gasteiger partial charge in [-0.3, -0.25) is 9.78 Å². The minimum absolute atomic E-state index is 0. The number of aryl methyl sites for hydroxylation is 3. The zero-order valence-corrected chi connectivity index (χ0v) is 27.6. The van der Waals surface area contributed by atoms with Crippen LogP contribution in [0.5, 0.6) is 0 Å². The van der Waals surface area contributed by atoms with E-state index in [9.17, 15) is 4.79 Å². The standard InChI is InChI=1S/C33H28N.C5H8O2.Ir/c1-20-10-12-23(13-11-20)26-18-31(24-15-21(2)14-22(3)16-24)34-32-19-30-27(17-28(26)32)25-8-6-7-9-29(25)33(30,4)5;1-4(6)3-5(2)7;/h6-15,17-19H,1-5H3;3,6H,1-2H3;/q-1;;/b;4-3-;. The summed E-state index contributed by atoms with van der Waals surface area (Å²) in [6.07, 6.45) is 1.17. The molecule has 0 fully saturated rings. The maximum Gasteiger partial charge on any atom is 0.155 e. The van der Waals surface area contributed by atoms with E-state index < -0.39 is 0 Å². The molecule has 6 rings (SSSR count). The number of rotatable bonds is 3. The molecule has 0 atom stereocenters. The Labute approximate surface area is 262 Å². The van der Waals surface area contributed by atoms with Crippen molar-refractivity contribution in [2.24, 2.45) is 0 Å². The van der Waals surface area contributed by atoms with Crippen LogP contribution in [0.2, 0.25) is 0 Å². The summed E-state index contributed by atoms with van der Waals surface area (Å²) >= 11 is 0. The molecule has 0 aliphatic heterocycles. The van der Waals surface area contributed by atoms with Gasteiger partial charge in [0.2, 0.25) is 0 Å². The Morgan fingerprint density at radius 3 is 2.12 bits per heavy atom. The second-order valence-corrected chi connectivity index (χ2v) is 11.7. The molecule has 0 amide bonds. The van der Waals surface area contributed by atoms with E-state index in [-0.39, 0.29) is 37.1 Å². The molecule has 0 unspecified atom stereocenters. The number of pyridine rings is 1. The number of allylic oxidation sites excluding steroid dienone is 2. The average molecular weight is 731 g/mol. The molecule has 1 aliphatic carbocycles. The Bertz CT molecular complexity index is 1810. The van der Waals surface area contributed by atoms with Crippen LogP contribution in [0, 0.1) is 26.8 Å². The van der Waals surface area contributed by atoms with Gasteiger partial charge in [0.15, 0.2) is 5.78 Å². The minimum atomic E-state index is -0.125. The predicted molar refractivity (Wildman–Crippen MR) is 170 cm³/mol. The van der Waals surface area contributed by atoms with E-state index in [1.807, 2.05) is 0 Å². The third kappa shape index (κ3) is 6.16. The van der Waals surface area contributed by atoms with Gasteiger partial charge < -0.3 is 5.11 Å². The summed E-state index contributed by atoms with van der Waals surface area (Å²) in [5.41, 5.74) is 14.5. The van der Waals surface area contributed by atoms with Crippen molar-refractivity contribution in [1.29, 1.82) is 0 Å². The number of nitrogens with zero attached hydrogens (tertiary/aromatic N) is 1. The van der Waals surface area contributed by atoms with Gasteiger partial charge in [0.25, 0.3) is 0 Å². The monoisotopic (exact) mass is 731 g/mol. The summed E-state index contributed by atoms with van der Waals surface area (Å²) in [7, 11) is 0. The molecular weight excluding hydrogens is 695 g/mol. The molecule has 215 valence electrons. The van der Waals surface area contributed by atoms with Crippen LogP contribution in [0.15, 0.2) is 90.7 Å². The minimum Gasteiger partial charge on any atom is -0.512 e. The first-order valence-corrected chi connectivity index (χ1v) is 14.0. The first-order chi connectivity index (χ1) is 19.4. The second-order valence-electron chi connectivity index (χ2n) is 11.7. The number of aromatic nitrogens is 1. The number of carbonyl (C=O) groups excluding carboxylic acids is 1. The molecular formula is C38H36IrNO2-. The third-order valence-electron chi connectivity index (χ3n) is 7.71. The van der Waals surface area contributed by atoms with Crippen molar-refractivity contribution in [2.45, 2.75) is 53.9 Å². The Morgan fingerprint density at radius 2 is 1.50 bits per heavy atom. The van der Waals surface area contributed by atoms with Gasteiger partial charge in [0.1, 0.15) is 0 Å². The van der Waals surface area contributed by atoms with E-state index in [0.29, 0.717) is 0 Å². The zero-order valence-electron chi connectivity index (χ0n) is 25.2. The average Bonchev–Trinajstić information content (AvgIpc) is 3.12. The van der Waals surface area contributed by atoms with Crippen molar-refractivity contribution >= 4 is 16.7 Å². The van der Waals surface area contributed by atoms with Crippen LogP contribution in [0.3, 0.4) is 0 Å². The topological polar surface area (TPSA) is 50.2 Å². The number of benzene rings is 4. The van der Waals surface area contributed by atoms with Crippen molar-refractivity contribution in [1.82, 2.24) is 4.98 Å². The van der Waals surface area contributed by atoms with Crippen molar-refractivity contribution in [2.75, 3.05) is 0 Å².